The number of hydrogen-bond donors (Lipinski definition) is 0. The minimum atomic E-state index is -0.465. The molecule has 8 heteroatoms. The van der Waals surface area contributed by atoms with Crippen molar-refractivity contribution in [3.8, 4) is 11.6 Å². The third-order valence-electron chi connectivity index (χ3n) is 3.71. The van der Waals surface area contributed by atoms with Crippen molar-refractivity contribution in [3.05, 3.63) is 30.0 Å². The van der Waals surface area contributed by atoms with E-state index in [1.165, 1.54) is 16.9 Å². The number of thioether (sulfide) groups is 1. The third-order valence-corrected chi connectivity index (χ3v) is 4.54. The Hall–Kier alpha value is -2.09. The van der Waals surface area contributed by atoms with Crippen LogP contribution >= 0.6 is 11.8 Å². The first-order valence-corrected chi connectivity index (χ1v) is 9.39. The summed E-state index contributed by atoms with van der Waals surface area (Å²) in [6.07, 6.45) is 4.59. The van der Waals surface area contributed by atoms with Crippen molar-refractivity contribution in [3.63, 3.8) is 0 Å². The number of anilines is 1. The smallest absolute Gasteiger partial charge is 0.241 e. The van der Waals surface area contributed by atoms with Gasteiger partial charge >= 0.3 is 0 Å². The molecule has 0 aliphatic carbocycles. The van der Waals surface area contributed by atoms with Gasteiger partial charge in [0.15, 0.2) is 0 Å². The van der Waals surface area contributed by atoms with E-state index in [4.69, 9.17) is 4.74 Å². The van der Waals surface area contributed by atoms with Gasteiger partial charge in [0.2, 0.25) is 11.8 Å². The Labute approximate surface area is 151 Å². The summed E-state index contributed by atoms with van der Waals surface area (Å²) in [6, 6.07) is 1.32. The Morgan fingerprint density at radius 1 is 1.48 bits per heavy atom. The van der Waals surface area contributed by atoms with Gasteiger partial charge in [0.05, 0.1) is 30.4 Å². The fraction of sp³-hybridized carbons (Fsp3) is 0.471. The number of aromatic nitrogens is 3. The van der Waals surface area contributed by atoms with Crippen LogP contribution in [0.4, 0.5) is 10.1 Å². The predicted molar refractivity (Wildman–Crippen MR) is 98.2 cm³/mol. The maximum Gasteiger partial charge on any atom is 0.241 e. The number of hydrogen-bond acceptors (Lipinski definition) is 5. The molecule has 2 aromatic heterocycles. The van der Waals surface area contributed by atoms with Crippen molar-refractivity contribution < 1.29 is 13.9 Å². The molecular formula is C17H23FN4O2S. The first-order valence-electron chi connectivity index (χ1n) is 8.00. The molecule has 0 spiro atoms. The summed E-state index contributed by atoms with van der Waals surface area (Å²) in [6.45, 7) is 5.93. The van der Waals surface area contributed by atoms with E-state index in [0.29, 0.717) is 29.6 Å². The lowest BCUT2D eigenvalue weighted by atomic mass is 10.2. The zero-order chi connectivity index (χ0) is 18.6. The topological polar surface area (TPSA) is 60.2 Å². The highest BCUT2D eigenvalue weighted by atomic mass is 32.2. The fourth-order valence-electron chi connectivity index (χ4n) is 2.60. The lowest BCUT2D eigenvalue weighted by molar-refractivity contribution is -0.121. The van der Waals surface area contributed by atoms with Gasteiger partial charge in [0.1, 0.15) is 11.5 Å². The van der Waals surface area contributed by atoms with Gasteiger partial charge in [-0.05, 0) is 20.1 Å². The highest BCUT2D eigenvalue weighted by molar-refractivity contribution is 7.98. The predicted octanol–water partition coefficient (Wildman–Crippen LogP) is 3.08. The van der Waals surface area contributed by atoms with Crippen LogP contribution in [-0.4, -0.2) is 46.3 Å². The Balaban J connectivity index is 2.50. The molecule has 0 bridgehead atoms. The summed E-state index contributed by atoms with van der Waals surface area (Å²) in [5, 5.41) is 4.44. The molecule has 1 amide bonds. The Bertz CT molecular complexity index is 750. The zero-order valence-electron chi connectivity index (χ0n) is 15.1. The maximum atomic E-state index is 13.5. The molecule has 0 fully saturated rings. The van der Waals surface area contributed by atoms with E-state index in [1.54, 1.807) is 30.6 Å². The van der Waals surface area contributed by atoms with Crippen molar-refractivity contribution in [2.24, 2.45) is 5.92 Å². The highest BCUT2D eigenvalue weighted by Gasteiger charge is 2.27. The van der Waals surface area contributed by atoms with Crippen LogP contribution in [0.15, 0.2) is 18.5 Å². The van der Waals surface area contributed by atoms with Gasteiger partial charge in [-0.1, -0.05) is 6.92 Å². The summed E-state index contributed by atoms with van der Waals surface area (Å²) in [7, 11) is 1.71. The van der Waals surface area contributed by atoms with Gasteiger partial charge in [-0.15, -0.1) is 0 Å². The van der Waals surface area contributed by atoms with Gasteiger partial charge in [-0.2, -0.15) is 21.5 Å². The SMILES string of the molecule is CCOc1c(N(C)C(=O)C(C)CSC)c(C)nn1-c1cncc(F)c1. The molecule has 2 heterocycles. The normalized spacial score (nSPS) is 12.1. The lowest BCUT2D eigenvalue weighted by Crippen LogP contribution is -2.33. The largest absolute Gasteiger partial charge is 0.476 e. The van der Waals surface area contributed by atoms with Crippen LogP contribution in [-0.2, 0) is 4.79 Å². The second-order valence-electron chi connectivity index (χ2n) is 5.70. The van der Waals surface area contributed by atoms with Crippen LogP contribution in [0.2, 0.25) is 0 Å². The van der Waals surface area contributed by atoms with E-state index < -0.39 is 5.82 Å². The summed E-state index contributed by atoms with van der Waals surface area (Å²) in [5.74, 6) is 0.518. The number of pyridine rings is 1. The Kier molecular flexibility index (Phi) is 6.41. The molecule has 0 aliphatic heterocycles. The number of amides is 1. The standard InChI is InChI=1S/C17H23FN4O2S/c1-6-24-17-15(21(4)16(23)11(2)10-25-5)12(3)20-22(17)14-7-13(18)8-19-9-14/h7-9,11H,6,10H2,1-5H3. The average Bonchev–Trinajstić information content (AvgIpc) is 2.90. The van der Waals surface area contributed by atoms with Crippen molar-refractivity contribution in [1.82, 2.24) is 14.8 Å². The first kappa shape index (κ1) is 19.2. The number of nitrogens with zero attached hydrogens (tertiary/aromatic N) is 4. The van der Waals surface area contributed by atoms with Crippen molar-refractivity contribution in [1.29, 1.82) is 0 Å². The minimum absolute atomic E-state index is 0.0182. The van der Waals surface area contributed by atoms with E-state index in [0.717, 1.165) is 11.9 Å². The molecule has 6 nitrogen and oxygen atoms in total. The number of carbonyl (C=O) groups is 1. The van der Waals surface area contributed by atoms with Crippen LogP contribution in [0, 0.1) is 18.7 Å². The molecular weight excluding hydrogens is 343 g/mol. The number of ether oxygens (including phenoxy) is 1. The molecule has 1 atom stereocenters. The monoisotopic (exact) mass is 366 g/mol. The first-order chi connectivity index (χ1) is 11.9. The molecule has 2 rings (SSSR count). The zero-order valence-corrected chi connectivity index (χ0v) is 15.9. The molecule has 0 aromatic carbocycles. The van der Waals surface area contributed by atoms with Crippen molar-refractivity contribution >= 4 is 23.4 Å². The van der Waals surface area contributed by atoms with E-state index in [9.17, 15) is 9.18 Å². The molecule has 0 saturated carbocycles. The van der Waals surface area contributed by atoms with Gasteiger partial charge < -0.3 is 9.64 Å². The van der Waals surface area contributed by atoms with E-state index >= 15 is 0 Å². The lowest BCUT2D eigenvalue weighted by Gasteiger charge is -2.22. The van der Waals surface area contributed by atoms with Gasteiger partial charge in [-0.25, -0.2) is 4.39 Å². The number of halogens is 1. The summed E-state index contributed by atoms with van der Waals surface area (Å²) >= 11 is 1.62. The summed E-state index contributed by atoms with van der Waals surface area (Å²) in [5.41, 5.74) is 1.65. The molecule has 2 aromatic rings. The second kappa shape index (κ2) is 8.33. The second-order valence-corrected chi connectivity index (χ2v) is 6.61. The highest BCUT2D eigenvalue weighted by Crippen LogP contribution is 2.34. The van der Waals surface area contributed by atoms with Crippen molar-refractivity contribution in [2.45, 2.75) is 20.8 Å². The summed E-state index contributed by atoms with van der Waals surface area (Å²) < 4.78 is 20.8. The van der Waals surface area contributed by atoms with E-state index in [-0.39, 0.29) is 11.8 Å². The van der Waals surface area contributed by atoms with Crippen molar-refractivity contribution in [2.75, 3.05) is 30.6 Å². The van der Waals surface area contributed by atoms with Gasteiger partial charge in [0.25, 0.3) is 0 Å². The Morgan fingerprint density at radius 3 is 2.80 bits per heavy atom. The Morgan fingerprint density at radius 2 is 2.20 bits per heavy atom. The fourth-order valence-corrected chi connectivity index (χ4v) is 3.25. The number of carbonyl (C=O) groups excluding carboxylic acids is 1. The molecule has 0 aliphatic rings. The van der Waals surface area contributed by atoms with E-state index in [2.05, 4.69) is 10.1 Å². The van der Waals surface area contributed by atoms with Gasteiger partial charge in [0, 0.05) is 24.8 Å². The molecule has 0 radical (unpaired) electrons. The molecule has 25 heavy (non-hydrogen) atoms. The van der Waals surface area contributed by atoms with Gasteiger partial charge in [-0.3, -0.25) is 9.78 Å². The molecule has 1 unspecified atom stereocenters. The van der Waals surface area contributed by atoms with Crippen LogP contribution in [0.3, 0.4) is 0 Å². The molecule has 0 N–H and O–H groups in total. The van der Waals surface area contributed by atoms with Crippen LogP contribution in [0.5, 0.6) is 5.88 Å². The van der Waals surface area contributed by atoms with Crippen LogP contribution in [0.25, 0.3) is 5.69 Å². The number of rotatable bonds is 7. The summed E-state index contributed by atoms with van der Waals surface area (Å²) in [4.78, 5) is 18.1. The van der Waals surface area contributed by atoms with Crippen LogP contribution in [0.1, 0.15) is 19.5 Å². The van der Waals surface area contributed by atoms with Crippen LogP contribution < -0.4 is 9.64 Å². The average molecular weight is 366 g/mol. The molecule has 136 valence electrons. The van der Waals surface area contributed by atoms with E-state index in [1.807, 2.05) is 20.1 Å². The number of aryl methyl sites for hydroxylation is 1. The quantitative estimate of drug-likeness (QED) is 0.754. The third kappa shape index (κ3) is 4.12. The maximum absolute atomic E-state index is 13.5. The minimum Gasteiger partial charge on any atom is -0.476 e. The molecule has 0 saturated heterocycles.